The zero-order valence-electron chi connectivity index (χ0n) is 11.5. The van der Waals surface area contributed by atoms with E-state index in [-0.39, 0.29) is 6.04 Å². The molecule has 4 heteroatoms. The predicted molar refractivity (Wildman–Crippen MR) is 91.8 cm³/mol. The molecule has 0 fully saturated rings. The van der Waals surface area contributed by atoms with Gasteiger partial charge in [0.15, 0.2) is 0 Å². The Morgan fingerprint density at radius 1 is 1.10 bits per heavy atom. The second kappa shape index (κ2) is 6.14. The fourth-order valence-electron chi connectivity index (χ4n) is 2.49. The monoisotopic (exact) mass is 360 g/mol. The fourth-order valence-corrected chi connectivity index (χ4v) is 2.93. The zero-order chi connectivity index (χ0) is 14.8. The number of hydrogen-bond donors (Lipinski definition) is 1. The summed E-state index contributed by atoms with van der Waals surface area (Å²) in [5.74, 6) is 0. The maximum atomic E-state index is 6.21. The molecule has 0 aliphatic heterocycles. The number of rotatable bonds is 3. The van der Waals surface area contributed by atoms with Crippen LogP contribution >= 0.6 is 27.5 Å². The van der Waals surface area contributed by atoms with Crippen LogP contribution in [0.4, 0.5) is 0 Å². The van der Waals surface area contributed by atoms with Gasteiger partial charge in [0.2, 0.25) is 0 Å². The summed E-state index contributed by atoms with van der Waals surface area (Å²) in [6.45, 7) is 0. The van der Waals surface area contributed by atoms with E-state index >= 15 is 0 Å². The number of aromatic nitrogens is 1. The lowest BCUT2D eigenvalue weighted by atomic mass is 9.97. The summed E-state index contributed by atoms with van der Waals surface area (Å²) >= 11 is 9.64. The van der Waals surface area contributed by atoms with Crippen LogP contribution in [-0.2, 0) is 0 Å². The maximum Gasteiger partial charge on any atom is 0.0702 e. The van der Waals surface area contributed by atoms with Crippen LogP contribution in [-0.4, -0.2) is 12.0 Å². The van der Waals surface area contributed by atoms with Crippen molar-refractivity contribution in [1.82, 2.24) is 10.3 Å². The zero-order valence-corrected chi connectivity index (χ0v) is 13.8. The van der Waals surface area contributed by atoms with Gasteiger partial charge in [-0.25, -0.2) is 0 Å². The third-order valence-corrected chi connectivity index (χ3v) is 4.76. The molecule has 0 spiro atoms. The summed E-state index contributed by atoms with van der Waals surface area (Å²) < 4.78 is 0.908. The standard InChI is InChI=1S/C17H14BrClN2/c1-20-17(13-4-6-14(18)15(19)10-13)12-5-7-16-11(9-12)3-2-8-21-16/h2-10,17,20H,1H3. The van der Waals surface area contributed by atoms with Crippen LogP contribution in [0.15, 0.2) is 59.2 Å². The average Bonchev–Trinajstić information content (AvgIpc) is 2.51. The Balaban J connectivity index is 2.06. The van der Waals surface area contributed by atoms with Gasteiger partial charge >= 0.3 is 0 Å². The van der Waals surface area contributed by atoms with Crippen molar-refractivity contribution >= 4 is 38.4 Å². The van der Waals surface area contributed by atoms with Crippen LogP contribution in [0.5, 0.6) is 0 Å². The van der Waals surface area contributed by atoms with Gasteiger partial charge in [0.25, 0.3) is 0 Å². The van der Waals surface area contributed by atoms with Crippen LogP contribution in [0.25, 0.3) is 10.9 Å². The van der Waals surface area contributed by atoms with Crippen LogP contribution < -0.4 is 5.32 Å². The van der Waals surface area contributed by atoms with Gasteiger partial charge in [-0.05, 0) is 64.4 Å². The summed E-state index contributed by atoms with van der Waals surface area (Å²) in [6, 6.07) is 16.5. The SMILES string of the molecule is CNC(c1ccc(Br)c(Cl)c1)c1ccc2ncccc2c1. The number of benzene rings is 2. The van der Waals surface area contributed by atoms with E-state index in [2.05, 4.69) is 56.6 Å². The van der Waals surface area contributed by atoms with E-state index in [4.69, 9.17) is 11.6 Å². The molecule has 0 radical (unpaired) electrons. The lowest BCUT2D eigenvalue weighted by Crippen LogP contribution is -2.17. The van der Waals surface area contributed by atoms with E-state index in [0.29, 0.717) is 0 Å². The Hall–Kier alpha value is -1.42. The molecular weight excluding hydrogens is 348 g/mol. The minimum atomic E-state index is 0.0974. The number of halogens is 2. The van der Waals surface area contributed by atoms with E-state index in [0.717, 1.165) is 26.0 Å². The summed E-state index contributed by atoms with van der Waals surface area (Å²) in [4.78, 5) is 4.36. The molecule has 0 saturated heterocycles. The second-order valence-electron chi connectivity index (χ2n) is 4.85. The van der Waals surface area contributed by atoms with E-state index in [9.17, 15) is 0 Å². The highest BCUT2D eigenvalue weighted by Crippen LogP contribution is 2.30. The highest BCUT2D eigenvalue weighted by Gasteiger charge is 2.13. The van der Waals surface area contributed by atoms with Crippen LogP contribution in [0.1, 0.15) is 17.2 Å². The first-order valence-electron chi connectivity index (χ1n) is 6.66. The summed E-state index contributed by atoms with van der Waals surface area (Å²) in [5, 5.41) is 5.21. The van der Waals surface area contributed by atoms with Gasteiger partial charge in [-0.3, -0.25) is 4.98 Å². The van der Waals surface area contributed by atoms with Crippen LogP contribution in [0.3, 0.4) is 0 Å². The highest BCUT2D eigenvalue weighted by atomic mass is 79.9. The van der Waals surface area contributed by atoms with E-state index < -0.39 is 0 Å². The van der Waals surface area contributed by atoms with Gasteiger partial charge in [0.05, 0.1) is 16.6 Å². The lowest BCUT2D eigenvalue weighted by molar-refractivity contribution is 0.692. The third-order valence-electron chi connectivity index (χ3n) is 3.53. The minimum absolute atomic E-state index is 0.0974. The molecule has 0 aliphatic carbocycles. The average molecular weight is 362 g/mol. The van der Waals surface area contributed by atoms with Gasteiger partial charge in [0.1, 0.15) is 0 Å². The van der Waals surface area contributed by atoms with Crippen LogP contribution in [0, 0.1) is 0 Å². The molecule has 0 saturated carbocycles. The predicted octanol–water partition coefficient (Wildman–Crippen LogP) is 4.96. The van der Waals surface area contributed by atoms with Gasteiger partial charge in [-0.2, -0.15) is 0 Å². The smallest absolute Gasteiger partial charge is 0.0702 e. The minimum Gasteiger partial charge on any atom is -0.309 e. The molecule has 2 aromatic carbocycles. The lowest BCUT2D eigenvalue weighted by Gasteiger charge is -2.18. The van der Waals surface area contributed by atoms with Crippen LogP contribution in [0.2, 0.25) is 5.02 Å². The largest absolute Gasteiger partial charge is 0.309 e. The summed E-state index contributed by atoms with van der Waals surface area (Å²) in [5.41, 5.74) is 3.33. The molecule has 3 rings (SSSR count). The Labute approximate surface area is 137 Å². The molecule has 1 heterocycles. The van der Waals surface area contributed by atoms with E-state index in [1.165, 1.54) is 5.56 Å². The molecule has 0 amide bonds. The van der Waals surface area contributed by atoms with Gasteiger partial charge < -0.3 is 5.32 Å². The van der Waals surface area contributed by atoms with Crippen molar-refractivity contribution in [2.45, 2.75) is 6.04 Å². The molecule has 1 unspecified atom stereocenters. The van der Waals surface area contributed by atoms with Crippen molar-refractivity contribution in [3.8, 4) is 0 Å². The second-order valence-corrected chi connectivity index (χ2v) is 6.11. The van der Waals surface area contributed by atoms with Crippen molar-refractivity contribution in [1.29, 1.82) is 0 Å². The molecule has 0 aliphatic rings. The Morgan fingerprint density at radius 3 is 2.62 bits per heavy atom. The molecule has 1 aromatic heterocycles. The summed E-state index contributed by atoms with van der Waals surface area (Å²) in [7, 11) is 1.95. The normalized spacial score (nSPS) is 12.5. The first-order valence-corrected chi connectivity index (χ1v) is 7.83. The van der Waals surface area contributed by atoms with Crippen molar-refractivity contribution in [3.05, 3.63) is 75.4 Å². The molecular formula is C17H14BrClN2. The quantitative estimate of drug-likeness (QED) is 0.713. The molecule has 3 aromatic rings. The Morgan fingerprint density at radius 2 is 1.86 bits per heavy atom. The van der Waals surface area contributed by atoms with E-state index in [1.807, 2.05) is 31.4 Å². The van der Waals surface area contributed by atoms with Crippen molar-refractivity contribution in [2.75, 3.05) is 7.05 Å². The van der Waals surface area contributed by atoms with E-state index in [1.54, 1.807) is 0 Å². The van der Waals surface area contributed by atoms with Crippen molar-refractivity contribution < 1.29 is 0 Å². The first-order chi connectivity index (χ1) is 10.2. The number of nitrogens with one attached hydrogen (secondary N) is 1. The topological polar surface area (TPSA) is 24.9 Å². The molecule has 2 nitrogen and oxygen atoms in total. The summed E-state index contributed by atoms with van der Waals surface area (Å²) in [6.07, 6.45) is 1.81. The maximum absolute atomic E-state index is 6.21. The third kappa shape index (κ3) is 2.95. The molecule has 106 valence electrons. The fraction of sp³-hybridized carbons (Fsp3) is 0.118. The van der Waals surface area contributed by atoms with Gasteiger partial charge in [-0.15, -0.1) is 0 Å². The van der Waals surface area contributed by atoms with Gasteiger partial charge in [0, 0.05) is 16.1 Å². The Bertz CT molecular complexity index is 789. The molecule has 21 heavy (non-hydrogen) atoms. The Kier molecular flexibility index (Phi) is 4.24. The molecule has 1 atom stereocenters. The highest BCUT2D eigenvalue weighted by molar-refractivity contribution is 9.10. The number of nitrogens with zero attached hydrogens (tertiary/aromatic N) is 1. The number of fused-ring (bicyclic) bond motifs is 1. The number of hydrogen-bond acceptors (Lipinski definition) is 2. The molecule has 0 bridgehead atoms. The van der Waals surface area contributed by atoms with Crippen molar-refractivity contribution in [3.63, 3.8) is 0 Å². The first kappa shape index (κ1) is 14.5. The van der Waals surface area contributed by atoms with Gasteiger partial charge in [-0.1, -0.05) is 29.8 Å². The number of pyridine rings is 1. The molecule has 1 N–H and O–H groups in total. The van der Waals surface area contributed by atoms with Crippen molar-refractivity contribution in [2.24, 2.45) is 0 Å².